The lowest BCUT2D eigenvalue weighted by Crippen LogP contribution is -2.16. The predicted molar refractivity (Wildman–Crippen MR) is 78.2 cm³/mol. The molecule has 0 saturated carbocycles. The predicted octanol–water partition coefficient (Wildman–Crippen LogP) is 2.01. The van der Waals surface area contributed by atoms with E-state index in [0.717, 1.165) is 17.1 Å². The molecule has 2 aromatic rings. The van der Waals surface area contributed by atoms with Crippen LogP contribution in [0.5, 0.6) is 0 Å². The van der Waals surface area contributed by atoms with Gasteiger partial charge in [0.1, 0.15) is 0 Å². The molecule has 0 aliphatic heterocycles. The molecule has 0 unspecified atom stereocenters. The minimum absolute atomic E-state index is 0.186. The number of nitrogens with zero attached hydrogens (tertiary/aromatic N) is 5. The van der Waals surface area contributed by atoms with Crippen molar-refractivity contribution in [1.29, 1.82) is 0 Å². The molecule has 6 nitrogen and oxygen atoms in total. The molecular weight excluding hydrogens is 284 g/mol. The largest absolute Gasteiger partial charge is 0.354 e. The Kier molecular flexibility index (Phi) is 4.49. The Morgan fingerprint density at radius 3 is 2.68 bits per heavy atom. The molecule has 0 fully saturated rings. The first-order valence-electron chi connectivity index (χ1n) is 5.78. The zero-order valence-corrected chi connectivity index (χ0v) is 12.6. The maximum atomic E-state index is 5.85. The molecule has 0 amide bonds. The van der Waals surface area contributed by atoms with Gasteiger partial charge in [-0.15, -0.1) is 11.3 Å². The van der Waals surface area contributed by atoms with Crippen LogP contribution in [0.15, 0.2) is 5.38 Å². The van der Waals surface area contributed by atoms with E-state index >= 15 is 0 Å². The first kappa shape index (κ1) is 14.0. The van der Waals surface area contributed by atoms with Crippen LogP contribution in [0.1, 0.15) is 10.7 Å². The lowest BCUT2D eigenvalue weighted by molar-refractivity contribution is 0.922. The molecular formula is C11H15ClN6S. The summed E-state index contributed by atoms with van der Waals surface area (Å²) in [5.74, 6) is 1.02. The van der Waals surface area contributed by atoms with E-state index in [0.29, 0.717) is 18.4 Å². The monoisotopic (exact) mass is 298 g/mol. The third kappa shape index (κ3) is 4.00. The van der Waals surface area contributed by atoms with Gasteiger partial charge in [0, 0.05) is 38.1 Å². The van der Waals surface area contributed by atoms with E-state index in [1.807, 2.05) is 26.4 Å². The third-order valence-corrected chi connectivity index (χ3v) is 3.48. The van der Waals surface area contributed by atoms with Crippen molar-refractivity contribution in [2.45, 2.75) is 13.3 Å². The van der Waals surface area contributed by atoms with Crippen LogP contribution in [-0.2, 0) is 6.42 Å². The van der Waals surface area contributed by atoms with Crippen LogP contribution < -0.4 is 10.2 Å². The van der Waals surface area contributed by atoms with Crippen molar-refractivity contribution >= 4 is 34.8 Å². The van der Waals surface area contributed by atoms with Crippen LogP contribution in [0.3, 0.4) is 0 Å². The van der Waals surface area contributed by atoms with E-state index in [1.54, 1.807) is 16.2 Å². The fourth-order valence-corrected chi connectivity index (χ4v) is 2.35. The molecule has 2 heterocycles. The second kappa shape index (κ2) is 6.12. The standard InChI is InChI=1S/C11H15ClN6S/c1-7-6-19-8(14-7)4-5-13-10-15-9(12)16-11(17-10)18(2)3/h6H,4-5H2,1-3H3,(H,13,15,16,17). The van der Waals surface area contributed by atoms with Gasteiger partial charge < -0.3 is 10.2 Å². The summed E-state index contributed by atoms with van der Waals surface area (Å²) < 4.78 is 0. The minimum Gasteiger partial charge on any atom is -0.354 e. The van der Waals surface area contributed by atoms with Crippen LogP contribution in [0, 0.1) is 6.92 Å². The van der Waals surface area contributed by atoms with E-state index in [2.05, 4.69) is 25.3 Å². The average molecular weight is 299 g/mol. The number of aromatic nitrogens is 4. The number of halogens is 1. The van der Waals surface area contributed by atoms with Gasteiger partial charge in [-0.25, -0.2) is 4.98 Å². The maximum absolute atomic E-state index is 5.85. The number of rotatable bonds is 5. The molecule has 2 rings (SSSR count). The highest BCUT2D eigenvalue weighted by molar-refractivity contribution is 7.09. The van der Waals surface area contributed by atoms with Crippen molar-refractivity contribution in [3.8, 4) is 0 Å². The van der Waals surface area contributed by atoms with Crippen molar-refractivity contribution in [3.63, 3.8) is 0 Å². The van der Waals surface area contributed by atoms with Gasteiger partial charge in [-0.1, -0.05) is 0 Å². The van der Waals surface area contributed by atoms with Crippen molar-refractivity contribution in [2.24, 2.45) is 0 Å². The third-order valence-electron chi connectivity index (χ3n) is 2.28. The van der Waals surface area contributed by atoms with E-state index < -0.39 is 0 Å². The fourth-order valence-electron chi connectivity index (χ4n) is 1.42. The summed E-state index contributed by atoms with van der Waals surface area (Å²) in [5, 5.41) is 6.45. The highest BCUT2D eigenvalue weighted by Gasteiger charge is 2.06. The Morgan fingerprint density at radius 1 is 1.26 bits per heavy atom. The summed E-state index contributed by atoms with van der Waals surface area (Å²) >= 11 is 7.51. The topological polar surface area (TPSA) is 66.8 Å². The van der Waals surface area contributed by atoms with Crippen LogP contribution in [0.2, 0.25) is 5.28 Å². The highest BCUT2D eigenvalue weighted by atomic mass is 35.5. The summed E-state index contributed by atoms with van der Waals surface area (Å²) in [4.78, 5) is 18.5. The Balaban J connectivity index is 1.95. The molecule has 8 heteroatoms. The van der Waals surface area contributed by atoms with Crippen molar-refractivity contribution < 1.29 is 0 Å². The number of anilines is 2. The van der Waals surface area contributed by atoms with E-state index in [-0.39, 0.29) is 5.28 Å². The first-order chi connectivity index (χ1) is 9.04. The van der Waals surface area contributed by atoms with Crippen molar-refractivity contribution in [2.75, 3.05) is 30.9 Å². The van der Waals surface area contributed by atoms with Crippen LogP contribution in [0.4, 0.5) is 11.9 Å². The first-order valence-corrected chi connectivity index (χ1v) is 7.04. The van der Waals surface area contributed by atoms with Gasteiger partial charge in [-0.05, 0) is 18.5 Å². The molecule has 2 aromatic heterocycles. The SMILES string of the molecule is Cc1csc(CCNc2nc(Cl)nc(N(C)C)n2)n1. The quantitative estimate of drug-likeness (QED) is 0.911. The molecule has 0 saturated heterocycles. The molecule has 102 valence electrons. The Hall–Kier alpha value is -1.47. The van der Waals surface area contributed by atoms with Crippen LogP contribution in [0.25, 0.3) is 0 Å². The van der Waals surface area contributed by atoms with Gasteiger partial charge >= 0.3 is 0 Å². The van der Waals surface area contributed by atoms with Gasteiger partial charge in [-0.2, -0.15) is 15.0 Å². The van der Waals surface area contributed by atoms with Gasteiger partial charge in [0.25, 0.3) is 0 Å². The zero-order valence-electron chi connectivity index (χ0n) is 11.0. The molecule has 1 N–H and O–H groups in total. The van der Waals surface area contributed by atoms with Gasteiger partial charge in [0.15, 0.2) is 0 Å². The molecule has 0 atom stereocenters. The summed E-state index contributed by atoms with van der Waals surface area (Å²) in [6.45, 7) is 2.70. The Labute approximate surface area is 120 Å². The van der Waals surface area contributed by atoms with Crippen LogP contribution >= 0.6 is 22.9 Å². The van der Waals surface area contributed by atoms with Gasteiger partial charge in [0.05, 0.1) is 5.01 Å². The normalized spacial score (nSPS) is 10.5. The van der Waals surface area contributed by atoms with E-state index in [1.165, 1.54) is 0 Å². The minimum atomic E-state index is 0.186. The van der Waals surface area contributed by atoms with E-state index in [9.17, 15) is 0 Å². The molecule has 0 radical (unpaired) electrons. The van der Waals surface area contributed by atoms with Crippen molar-refractivity contribution in [3.05, 3.63) is 21.4 Å². The number of thiazole rings is 1. The number of nitrogens with one attached hydrogen (secondary N) is 1. The zero-order chi connectivity index (χ0) is 13.8. The lowest BCUT2D eigenvalue weighted by Gasteiger charge is -2.11. The fraction of sp³-hybridized carbons (Fsp3) is 0.455. The second-order valence-corrected chi connectivity index (χ2v) is 5.46. The van der Waals surface area contributed by atoms with Gasteiger partial charge in [0.2, 0.25) is 17.2 Å². The second-order valence-electron chi connectivity index (χ2n) is 4.18. The average Bonchev–Trinajstić information content (AvgIpc) is 2.74. The molecule has 0 spiro atoms. The highest BCUT2D eigenvalue weighted by Crippen LogP contribution is 2.12. The molecule has 19 heavy (non-hydrogen) atoms. The van der Waals surface area contributed by atoms with Crippen molar-refractivity contribution in [1.82, 2.24) is 19.9 Å². The Bertz CT molecular complexity index is 556. The van der Waals surface area contributed by atoms with Gasteiger partial charge in [-0.3, -0.25) is 0 Å². The summed E-state index contributed by atoms with van der Waals surface area (Å²) in [6.07, 6.45) is 0.832. The number of aryl methyl sites for hydroxylation is 1. The number of hydrogen-bond acceptors (Lipinski definition) is 7. The summed E-state index contributed by atoms with van der Waals surface area (Å²) in [5.41, 5.74) is 1.05. The summed E-state index contributed by atoms with van der Waals surface area (Å²) in [7, 11) is 3.71. The molecule has 0 aromatic carbocycles. The maximum Gasteiger partial charge on any atom is 0.230 e. The summed E-state index contributed by atoms with van der Waals surface area (Å²) in [6, 6.07) is 0. The smallest absolute Gasteiger partial charge is 0.230 e. The Morgan fingerprint density at radius 2 is 2.05 bits per heavy atom. The number of hydrogen-bond donors (Lipinski definition) is 1. The molecule has 0 bridgehead atoms. The lowest BCUT2D eigenvalue weighted by atomic mass is 10.4. The van der Waals surface area contributed by atoms with E-state index in [4.69, 9.17) is 11.6 Å². The molecule has 0 aliphatic carbocycles. The van der Waals surface area contributed by atoms with Crippen LogP contribution in [-0.4, -0.2) is 40.6 Å². The molecule has 0 aliphatic rings.